The van der Waals surface area contributed by atoms with Crippen LogP contribution >= 0.6 is 34.5 Å². The lowest BCUT2D eigenvalue weighted by atomic mass is 10.2. The number of nitrogens with zero attached hydrogens (tertiary/aromatic N) is 1. The van der Waals surface area contributed by atoms with Crippen molar-refractivity contribution in [2.45, 2.75) is 6.10 Å². The first-order valence-corrected chi connectivity index (χ1v) is 8.63. The average molecular weight is 381 g/mol. The first-order chi connectivity index (χ1) is 11.6. The van der Waals surface area contributed by atoms with Gasteiger partial charge in [0.05, 0.1) is 14.7 Å². The summed E-state index contributed by atoms with van der Waals surface area (Å²) in [5, 5.41) is 4.17. The standard InChI is InChI=1S/C16H10Cl2N2O3S/c17-8-5-6-9(18)14-13(8)19-16(24-14)20-15(21)12-7-22-10-3-1-2-4-11(10)23-12/h1-6,12H,7H2,(H,19,20,21)/t12-/m1/s1. The molecule has 0 unspecified atom stereocenters. The van der Waals surface area contributed by atoms with Crippen LogP contribution in [-0.4, -0.2) is 23.6 Å². The predicted octanol–water partition coefficient (Wildman–Crippen LogP) is 4.38. The smallest absolute Gasteiger partial charge is 0.270 e. The van der Waals surface area contributed by atoms with Crippen LogP contribution in [0.3, 0.4) is 0 Å². The summed E-state index contributed by atoms with van der Waals surface area (Å²) in [5.74, 6) is 0.829. The summed E-state index contributed by atoms with van der Waals surface area (Å²) in [6, 6.07) is 10.6. The van der Waals surface area contributed by atoms with Crippen molar-refractivity contribution in [3.63, 3.8) is 0 Å². The van der Waals surface area contributed by atoms with Crippen LogP contribution in [0.15, 0.2) is 36.4 Å². The van der Waals surface area contributed by atoms with Crippen LogP contribution in [0.25, 0.3) is 10.2 Å². The maximum absolute atomic E-state index is 12.4. The number of fused-ring (bicyclic) bond motifs is 2. The number of hydrogen-bond acceptors (Lipinski definition) is 5. The first kappa shape index (κ1) is 15.5. The molecule has 4 rings (SSSR count). The van der Waals surface area contributed by atoms with Crippen LogP contribution in [0.5, 0.6) is 11.5 Å². The molecule has 1 aliphatic heterocycles. The van der Waals surface area contributed by atoms with Gasteiger partial charge in [-0.25, -0.2) is 4.98 Å². The summed E-state index contributed by atoms with van der Waals surface area (Å²) < 4.78 is 11.9. The van der Waals surface area contributed by atoms with E-state index in [1.54, 1.807) is 24.3 Å². The fourth-order valence-corrected chi connectivity index (χ4v) is 3.76. The van der Waals surface area contributed by atoms with Gasteiger partial charge in [0.15, 0.2) is 16.6 Å². The van der Waals surface area contributed by atoms with E-state index < -0.39 is 6.10 Å². The van der Waals surface area contributed by atoms with E-state index in [-0.39, 0.29) is 12.5 Å². The molecule has 2 aromatic carbocycles. The third kappa shape index (κ3) is 2.77. The summed E-state index contributed by atoms with van der Waals surface area (Å²) >= 11 is 13.5. The van der Waals surface area contributed by atoms with E-state index in [1.807, 2.05) is 12.1 Å². The van der Waals surface area contributed by atoms with Gasteiger partial charge in [-0.15, -0.1) is 0 Å². The number of carbonyl (C=O) groups excluding carboxylic acids is 1. The molecular formula is C16H10Cl2N2O3S. The van der Waals surface area contributed by atoms with Crippen molar-refractivity contribution >= 4 is 55.8 Å². The number of ether oxygens (including phenoxy) is 2. The number of nitrogens with one attached hydrogen (secondary N) is 1. The first-order valence-electron chi connectivity index (χ1n) is 7.06. The molecule has 0 bridgehead atoms. The van der Waals surface area contributed by atoms with Gasteiger partial charge in [-0.2, -0.15) is 0 Å². The molecular weight excluding hydrogens is 371 g/mol. The van der Waals surface area contributed by atoms with Crippen molar-refractivity contribution in [2.24, 2.45) is 0 Å². The van der Waals surface area contributed by atoms with Gasteiger partial charge in [0.2, 0.25) is 6.10 Å². The summed E-state index contributed by atoms with van der Waals surface area (Å²) in [5.41, 5.74) is 0.565. The molecule has 3 aromatic rings. The van der Waals surface area contributed by atoms with Crippen molar-refractivity contribution in [1.29, 1.82) is 0 Å². The van der Waals surface area contributed by atoms with Crippen molar-refractivity contribution in [2.75, 3.05) is 11.9 Å². The van der Waals surface area contributed by atoms with Gasteiger partial charge in [0.25, 0.3) is 5.91 Å². The van der Waals surface area contributed by atoms with Crippen LogP contribution in [0.1, 0.15) is 0 Å². The molecule has 0 saturated carbocycles. The molecule has 1 aromatic heterocycles. The van der Waals surface area contributed by atoms with E-state index in [0.717, 1.165) is 4.70 Å². The highest BCUT2D eigenvalue weighted by atomic mass is 35.5. The van der Waals surface area contributed by atoms with E-state index >= 15 is 0 Å². The monoisotopic (exact) mass is 380 g/mol. The second kappa shape index (κ2) is 6.12. The summed E-state index contributed by atoms with van der Waals surface area (Å²) in [6.45, 7) is 0.134. The van der Waals surface area contributed by atoms with Crippen LogP contribution in [-0.2, 0) is 4.79 Å². The second-order valence-electron chi connectivity index (χ2n) is 5.08. The highest BCUT2D eigenvalue weighted by Crippen LogP contribution is 2.36. The zero-order valence-electron chi connectivity index (χ0n) is 12.1. The minimum atomic E-state index is -0.752. The topological polar surface area (TPSA) is 60.5 Å². The van der Waals surface area contributed by atoms with E-state index in [0.29, 0.717) is 32.2 Å². The quantitative estimate of drug-likeness (QED) is 0.716. The third-order valence-electron chi connectivity index (χ3n) is 3.48. The SMILES string of the molecule is O=C(Nc1nc2c(Cl)ccc(Cl)c2s1)[C@H]1COc2ccccc2O1. The van der Waals surface area contributed by atoms with Gasteiger partial charge < -0.3 is 9.47 Å². The van der Waals surface area contributed by atoms with Gasteiger partial charge in [0, 0.05) is 0 Å². The van der Waals surface area contributed by atoms with E-state index in [9.17, 15) is 4.79 Å². The second-order valence-corrected chi connectivity index (χ2v) is 6.89. The van der Waals surface area contributed by atoms with Crippen LogP contribution in [0.2, 0.25) is 10.0 Å². The molecule has 8 heteroatoms. The van der Waals surface area contributed by atoms with Crippen LogP contribution in [0, 0.1) is 0 Å². The highest BCUT2D eigenvalue weighted by molar-refractivity contribution is 7.23. The molecule has 1 aliphatic rings. The van der Waals surface area contributed by atoms with Gasteiger partial charge >= 0.3 is 0 Å². The maximum Gasteiger partial charge on any atom is 0.270 e. The van der Waals surface area contributed by atoms with E-state index in [2.05, 4.69) is 10.3 Å². The van der Waals surface area contributed by atoms with E-state index in [1.165, 1.54) is 11.3 Å². The fourth-order valence-electron chi connectivity index (χ4n) is 2.33. The highest BCUT2D eigenvalue weighted by Gasteiger charge is 2.28. The van der Waals surface area contributed by atoms with Crippen molar-refractivity contribution in [3.05, 3.63) is 46.4 Å². The number of rotatable bonds is 2. The molecule has 24 heavy (non-hydrogen) atoms. The molecule has 1 atom stereocenters. The Morgan fingerprint density at radius 1 is 1.17 bits per heavy atom. The molecule has 1 amide bonds. The van der Waals surface area contributed by atoms with Crippen LogP contribution in [0.4, 0.5) is 5.13 Å². The molecule has 0 radical (unpaired) electrons. The third-order valence-corrected chi connectivity index (χ3v) is 5.21. The zero-order chi connectivity index (χ0) is 16.7. The Morgan fingerprint density at radius 2 is 1.92 bits per heavy atom. The van der Waals surface area contributed by atoms with Crippen molar-refractivity contribution in [3.8, 4) is 11.5 Å². The Kier molecular flexibility index (Phi) is 3.96. The number of anilines is 1. The number of benzene rings is 2. The molecule has 0 aliphatic carbocycles. The number of thiazole rings is 1. The normalized spacial score (nSPS) is 16.2. The maximum atomic E-state index is 12.4. The van der Waals surface area contributed by atoms with Gasteiger partial charge in [-0.05, 0) is 24.3 Å². The number of aromatic nitrogens is 1. The van der Waals surface area contributed by atoms with E-state index in [4.69, 9.17) is 32.7 Å². The Labute approximate surface area is 151 Å². The Hall–Kier alpha value is -2.02. The number of para-hydroxylation sites is 2. The molecule has 0 saturated heterocycles. The van der Waals surface area contributed by atoms with Crippen molar-refractivity contribution < 1.29 is 14.3 Å². The minimum absolute atomic E-state index is 0.134. The van der Waals surface area contributed by atoms with Gasteiger partial charge in [-0.1, -0.05) is 46.7 Å². The van der Waals surface area contributed by atoms with Crippen LogP contribution < -0.4 is 14.8 Å². The molecule has 0 spiro atoms. The largest absolute Gasteiger partial charge is 0.485 e. The Balaban J connectivity index is 1.55. The predicted molar refractivity (Wildman–Crippen MR) is 94.6 cm³/mol. The lowest BCUT2D eigenvalue weighted by Gasteiger charge is -2.25. The number of amides is 1. The Morgan fingerprint density at radius 3 is 2.71 bits per heavy atom. The number of hydrogen-bond donors (Lipinski definition) is 1. The fraction of sp³-hybridized carbons (Fsp3) is 0.125. The number of halogens is 2. The molecule has 5 nitrogen and oxygen atoms in total. The average Bonchev–Trinajstić information content (AvgIpc) is 3.03. The zero-order valence-corrected chi connectivity index (χ0v) is 14.4. The lowest BCUT2D eigenvalue weighted by Crippen LogP contribution is -2.40. The lowest BCUT2D eigenvalue weighted by molar-refractivity contribution is -0.125. The summed E-state index contributed by atoms with van der Waals surface area (Å²) in [6.07, 6.45) is -0.752. The van der Waals surface area contributed by atoms with Crippen molar-refractivity contribution in [1.82, 2.24) is 4.98 Å². The molecule has 0 fully saturated rings. The summed E-state index contributed by atoms with van der Waals surface area (Å²) in [4.78, 5) is 16.7. The number of carbonyl (C=O) groups is 1. The van der Waals surface area contributed by atoms with Gasteiger partial charge in [-0.3, -0.25) is 10.1 Å². The molecule has 122 valence electrons. The minimum Gasteiger partial charge on any atom is -0.485 e. The Bertz CT molecular complexity index is 905. The summed E-state index contributed by atoms with van der Waals surface area (Å²) in [7, 11) is 0. The molecule has 2 heterocycles. The molecule has 1 N–H and O–H groups in total. The van der Waals surface area contributed by atoms with Gasteiger partial charge in [0.1, 0.15) is 12.1 Å².